The van der Waals surface area contributed by atoms with Crippen LogP contribution in [0.2, 0.25) is 0 Å². The topological polar surface area (TPSA) is 3.88 Å². The molecule has 0 N–H and O–H groups in total. The number of hydrogen-bond acceptors (Lipinski definition) is 0. The summed E-state index contributed by atoms with van der Waals surface area (Å²) in [6, 6.07) is 25.0. The lowest BCUT2D eigenvalue weighted by molar-refractivity contribution is -0.696. The molecule has 2 bridgehead atoms. The van der Waals surface area contributed by atoms with Crippen LogP contribution in [0.5, 0.6) is 0 Å². The van der Waals surface area contributed by atoms with Crippen LogP contribution in [-0.2, 0) is 18.4 Å². The van der Waals surface area contributed by atoms with E-state index >= 15 is 0 Å². The van der Waals surface area contributed by atoms with Gasteiger partial charge in [0.1, 0.15) is 6.54 Å². The van der Waals surface area contributed by atoms with Crippen molar-refractivity contribution < 1.29 is 4.57 Å². The van der Waals surface area contributed by atoms with Gasteiger partial charge in [0.2, 0.25) is 5.69 Å². The lowest BCUT2D eigenvalue weighted by Crippen LogP contribution is -2.45. The molecule has 1 unspecified atom stereocenters. The molecule has 0 amide bonds. The second-order valence-electron chi connectivity index (χ2n) is 8.01. The molecule has 1 aromatic heterocycles. The van der Waals surface area contributed by atoms with E-state index in [1.165, 1.54) is 40.1 Å². The van der Waals surface area contributed by atoms with Crippen LogP contribution in [0, 0.1) is 0 Å². The van der Waals surface area contributed by atoms with Crippen molar-refractivity contribution in [2.75, 3.05) is 0 Å². The Kier molecular flexibility index (Phi) is 3.15. The van der Waals surface area contributed by atoms with Gasteiger partial charge >= 0.3 is 0 Å². The zero-order chi connectivity index (χ0) is 17.0. The first-order valence-electron chi connectivity index (χ1n) is 9.37. The van der Waals surface area contributed by atoms with Gasteiger partial charge in [-0.05, 0) is 55.0 Å². The largest absolute Gasteiger partial charge is 0.213 e. The quantitative estimate of drug-likeness (QED) is 0.511. The maximum absolute atomic E-state index is 2.58. The van der Waals surface area contributed by atoms with Gasteiger partial charge in [-0.25, -0.2) is 0 Å². The molecule has 0 spiro atoms. The SMILES string of the molecule is CC1(C)c2ccccc2CC2CC[n+]3c(cccc31)-c1ccccc12. The van der Waals surface area contributed by atoms with Gasteiger partial charge in [-0.15, -0.1) is 0 Å². The highest BCUT2D eigenvalue weighted by atomic mass is 15.0. The Morgan fingerprint density at radius 1 is 0.880 bits per heavy atom. The fraction of sp³-hybridized carbons (Fsp3) is 0.292. The van der Waals surface area contributed by atoms with E-state index in [4.69, 9.17) is 0 Å². The lowest BCUT2D eigenvalue weighted by atomic mass is 9.75. The first-order chi connectivity index (χ1) is 12.2. The molecule has 3 aromatic rings. The number of fused-ring (bicyclic) bond motifs is 6. The van der Waals surface area contributed by atoms with Gasteiger partial charge in [-0.1, -0.05) is 42.5 Å². The number of nitrogens with zero attached hydrogens (tertiary/aromatic N) is 1. The maximum atomic E-state index is 2.58. The summed E-state index contributed by atoms with van der Waals surface area (Å²) in [5.74, 6) is 0.582. The third-order valence-electron chi connectivity index (χ3n) is 6.26. The summed E-state index contributed by atoms with van der Waals surface area (Å²) in [4.78, 5) is 0. The minimum absolute atomic E-state index is 0.00772. The average Bonchev–Trinajstić information content (AvgIpc) is 2.76. The molecule has 0 fully saturated rings. The first-order valence-corrected chi connectivity index (χ1v) is 9.37. The summed E-state index contributed by atoms with van der Waals surface area (Å²) in [7, 11) is 0. The van der Waals surface area contributed by atoms with E-state index in [2.05, 4.69) is 85.1 Å². The lowest BCUT2D eigenvalue weighted by Gasteiger charge is -2.27. The third kappa shape index (κ3) is 2.12. The average molecular weight is 326 g/mol. The zero-order valence-corrected chi connectivity index (χ0v) is 15.0. The third-order valence-corrected chi connectivity index (χ3v) is 6.26. The summed E-state index contributed by atoms with van der Waals surface area (Å²) in [5.41, 5.74) is 8.73. The van der Waals surface area contributed by atoms with Crippen molar-refractivity contribution in [3.8, 4) is 11.3 Å². The molecule has 25 heavy (non-hydrogen) atoms. The van der Waals surface area contributed by atoms with E-state index in [0.717, 1.165) is 13.0 Å². The molecule has 2 aliphatic heterocycles. The van der Waals surface area contributed by atoms with Crippen molar-refractivity contribution in [2.24, 2.45) is 0 Å². The second-order valence-corrected chi connectivity index (χ2v) is 8.01. The summed E-state index contributed by atoms with van der Waals surface area (Å²) in [6.45, 7) is 5.87. The summed E-state index contributed by atoms with van der Waals surface area (Å²) in [6.07, 6.45) is 2.34. The summed E-state index contributed by atoms with van der Waals surface area (Å²) in [5, 5.41) is 0. The van der Waals surface area contributed by atoms with Crippen molar-refractivity contribution in [3.63, 3.8) is 0 Å². The fourth-order valence-corrected chi connectivity index (χ4v) is 5.01. The fourth-order valence-electron chi connectivity index (χ4n) is 5.01. The van der Waals surface area contributed by atoms with Gasteiger partial charge in [-0.3, -0.25) is 0 Å². The van der Waals surface area contributed by atoms with E-state index in [-0.39, 0.29) is 5.41 Å². The van der Waals surface area contributed by atoms with E-state index in [1.54, 1.807) is 0 Å². The molecule has 3 heterocycles. The van der Waals surface area contributed by atoms with Gasteiger partial charge in [0.15, 0.2) is 5.69 Å². The van der Waals surface area contributed by atoms with Crippen LogP contribution in [0.4, 0.5) is 0 Å². The molecule has 0 aliphatic carbocycles. The van der Waals surface area contributed by atoms with Crippen molar-refractivity contribution in [3.05, 3.63) is 89.1 Å². The van der Waals surface area contributed by atoms with Crippen LogP contribution < -0.4 is 4.57 Å². The van der Waals surface area contributed by atoms with Crippen LogP contribution in [0.1, 0.15) is 48.6 Å². The first kappa shape index (κ1) is 14.9. The molecule has 5 rings (SSSR count). The molecular formula is C24H24N+. The molecule has 1 nitrogen and oxygen atoms in total. The zero-order valence-electron chi connectivity index (χ0n) is 15.0. The smallest absolute Gasteiger partial charge is 0.195 e. The van der Waals surface area contributed by atoms with Gasteiger partial charge in [-0.2, -0.15) is 4.57 Å². The van der Waals surface area contributed by atoms with Gasteiger partial charge in [0, 0.05) is 24.1 Å². The van der Waals surface area contributed by atoms with Crippen LogP contribution >= 0.6 is 0 Å². The number of pyridine rings is 1. The minimum atomic E-state index is 0.00772. The van der Waals surface area contributed by atoms with Crippen LogP contribution in [0.3, 0.4) is 0 Å². The van der Waals surface area contributed by atoms with Crippen molar-refractivity contribution in [1.82, 2.24) is 0 Å². The number of rotatable bonds is 0. The molecular weight excluding hydrogens is 302 g/mol. The number of benzene rings is 2. The standard InChI is InChI=1S/C24H24N/c1-24(2)21-11-6-3-8-18(21)16-17-14-15-25-22(12-7-13-23(24)25)20-10-5-4-9-19(17)20/h3-13,17H,14-16H2,1-2H3/q+1. The van der Waals surface area contributed by atoms with Crippen molar-refractivity contribution >= 4 is 0 Å². The minimum Gasteiger partial charge on any atom is -0.195 e. The molecule has 1 heteroatoms. The number of aromatic nitrogens is 1. The Balaban J connectivity index is 1.92. The Hall–Kier alpha value is -2.41. The van der Waals surface area contributed by atoms with Crippen LogP contribution in [-0.4, -0.2) is 0 Å². The molecule has 124 valence electrons. The Labute approximate surface area is 150 Å². The van der Waals surface area contributed by atoms with Crippen LogP contribution in [0.15, 0.2) is 66.7 Å². The molecule has 0 radical (unpaired) electrons. The highest BCUT2D eigenvalue weighted by Crippen LogP contribution is 2.41. The molecule has 2 aliphatic rings. The number of hydrogen-bond donors (Lipinski definition) is 0. The van der Waals surface area contributed by atoms with E-state index in [9.17, 15) is 0 Å². The van der Waals surface area contributed by atoms with E-state index in [1.807, 2.05) is 0 Å². The summed E-state index contributed by atoms with van der Waals surface area (Å²) >= 11 is 0. The van der Waals surface area contributed by atoms with E-state index in [0.29, 0.717) is 5.92 Å². The molecule has 2 aromatic carbocycles. The Morgan fingerprint density at radius 2 is 1.68 bits per heavy atom. The van der Waals surface area contributed by atoms with E-state index < -0.39 is 0 Å². The van der Waals surface area contributed by atoms with Gasteiger partial charge < -0.3 is 0 Å². The second kappa shape index (κ2) is 5.29. The van der Waals surface area contributed by atoms with Crippen molar-refractivity contribution in [1.29, 1.82) is 0 Å². The normalized spacial score (nSPS) is 19.8. The van der Waals surface area contributed by atoms with Crippen LogP contribution in [0.25, 0.3) is 11.3 Å². The molecule has 0 saturated heterocycles. The highest BCUT2D eigenvalue weighted by Gasteiger charge is 2.39. The molecule has 1 atom stereocenters. The Morgan fingerprint density at radius 3 is 2.60 bits per heavy atom. The monoisotopic (exact) mass is 326 g/mol. The predicted molar refractivity (Wildman–Crippen MR) is 102 cm³/mol. The summed E-state index contributed by atoms with van der Waals surface area (Å²) < 4.78 is 2.58. The van der Waals surface area contributed by atoms with Gasteiger partial charge in [0.25, 0.3) is 0 Å². The molecule has 0 saturated carbocycles. The predicted octanol–water partition coefficient (Wildman–Crippen LogP) is 5.01. The highest BCUT2D eigenvalue weighted by molar-refractivity contribution is 5.63. The maximum Gasteiger partial charge on any atom is 0.213 e. The van der Waals surface area contributed by atoms with Gasteiger partial charge in [0.05, 0.1) is 5.41 Å². The Bertz CT molecular complexity index is 967. The van der Waals surface area contributed by atoms with Crippen molar-refractivity contribution in [2.45, 2.75) is 44.6 Å².